The van der Waals surface area contributed by atoms with E-state index in [-0.39, 0.29) is 21.7 Å². The van der Waals surface area contributed by atoms with Gasteiger partial charge in [-0.2, -0.15) is 4.31 Å². The van der Waals surface area contributed by atoms with Gasteiger partial charge in [-0.25, -0.2) is 13.4 Å². The van der Waals surface area contributed by atoms with Crippen molar-refractivity contribution in [2.75, 3.05) is 18.4 Å². The van der Waals surface area contributed by atoms with Gasteiger partial charge in [-0.05, 0) is 48.3 Å². The summed E-state index contributed by atoms with van der Waals surface area (Å²) >= 11 is 1.18. The second kappa shape index (κ2) is 8.35. The molecule has 0 unspecified atom stereocenters. The van der Waals surface area contributed by atoms with Gasteiger partial charge in [-0.1, -0.05) is 45.1 Å². The molecule has 0 spiro atoms. The summed E-state index contributed by atoms with van der Waals surface area (Å²) < 4.78 is 27.9. The van der Waals surface area contributed by atoms with Crippen LogP contribution in [0.5, 0.6) is 0 Å². The first-order valence-electron chi connectivity index (χ1n) is 10.9. The molecule has 2 atom stereocenters. The topological polar surface area (TPSA) is 96.4 Å². The average Bonchev–Trinajstić information content (AvgIpc) is 3.08. The lowest BCUT2D eigenvalue weighted by atomic mass is 9.78. The van der Waals surface area contributed by atoms with Crippen molar-refractivity contribution in [1.29, 1.82) is 0 Å². The quantitative estimate of drug-likeness (QED) is 0.714. The maximum atomic E-state index is 13.2. The first kappa shape index (κ1) is 23.1. The maximum absolute atomic E-state index is 13.2. The number of nitrogens with zero attached hydrogens (tertiary/aromatic N) is 2. The number of aromatic nitrogens is 1. The molecule has 1 N–H and O–H groups in total. The molecule has 4 rings (SSSR count). The van der Waals surface area contributed by atoms with Gasteiger partial charge in [0.2, 0.25) is 10.0 Å². The van der Waals surface area contributed by atoms with E-state index in [1.165, 1.54) is 27.8 Å². The van der Waals surface area contributed by atoms with E-state index in [0.29, 0.717) is 47.8 Å². The number of sulfonamides is 1. The summed E-state index contributed by atoms with van der Waals surface area (Å²) in [7, 11) is -3.68. The summed E-state index contributed by atoms with van der Waals surface area (Å²) in [4.78, 5) is 30.4. The fourth-order valence-electron chi connectivity index (χ4n) is 4.69. The van der Waals surface area contributed by atoms with Crippen LogP contribution in [0.3, 0.4) is 0 Å². The number of hydrogen-bond acceptors (Lipinski definition) is 6. The molecule has 1 amide bonds. The van der Waals surface area contributed by atoms with Crippen molar-refractivity contribution in [3.63, 3.8) is 0 Å². The van der Waals surface area contributed by atoms with E-state index >= 15 is 0 Å². The van der Waals surface area contributed by atoms with Crippen LogP contribution in [0.15, 0.2) is 29.2 Å². The van der Waals surface area contributed by atoms with E-state index in [9.17, 15) is 18.0 Å². The van der Waals surface area contributed by atoms with Crippen LogP contribution in [0.1, 0.15) is 66.3 Å². The van der Waals surface area contributed by atoms with Gasteiger partial charge in [0.05, 0.1) is 15.5 Å². The molecule has 0 bridgehead atoms. The van der Waals surface area contributed by atoms with E-state index in [1.54, 1.807) is 12.1 Å². The molecule has 1 aromatic heterocycles. The number of carbonyl (C=O) groups is 2. The third kappa shape index (κ3) is 4.65. The normalized spacial score (nSPS) is 23.6. The van der Waals surface area contributed by atoms with E-state index < -0.39 is 15.9 Å². The number of benzene rings is 1. The van der Waals surface area contributed by atoms with Crippen LogP contribution >= 0.6 is 11.3 Å². The van der Waals surface area contributed by atoms with Crippen molar-refractivity contribution >= 4 is 38.2 Å². The number of ketones is 1. The minimum Gasteiger partial charge on any atom is -0.298 e. The molecule has 7 nitrogen and oxygen atoms in total. The largest absolute Gasteiger partial charge is 0.298 e. The van der Waals surface area contributed by atoms with Gasteiger partial charge in [-0.15, -0.1) is 0 Å². The molecular weight excluding hydrogens is 446 g/mol. The number of amides is 1. The fourth-order valence-corrected chi connectivity index (χ4v) is 7.33. The van der Waals surface area contributed by atoms with Crippen molar-refractivity contribution < 1.29 is 18.0 Å². The molecule has 1 saturated heterocycles. The smallest absolute Gasteiger partial charge is 0.257 e. The Morgan fingerprint density at radius 3 is 2.56 bits per heavy atom. The molecule has 1 fully saturated rings. The summed E-state index contributed by atoms with van der Waals surface area (Å²) in [6, 6.07) is 6.10. The van der Waals surface area contributed by atoms with Crippen LogP contribution in [-0.4, -0.2) is 42.5 Å². The summed E-state index contributed by atoms with van der Waals surface area (Å²) in [6.07, 6.45) is 2.15. The number of hydrogen-bond donors (Lipinski definition) is 1. The van der Waals surface area contributed by atoms with E-state index in [0.717, 1.165) is 12.1 Å². The number of piperidine rings is 1. The second-order valence-corrected chi connectivity index (χ2v) is 12.9. The third-order valence-electron chi connectivity index (χ3n) is 6.03. The fraction of sp³-hybridized carbons (Fsp3) is 0.522. The molecular formula is C23H29N3O4S2. The predicted molar refractivity (Wildman–Crippen MR) is 125 cm³/mol. The van der Waals surface area contributed by atoms with Gasteiger partial charge < -0.3 is 0 Å². The van der Waals surface area contributed by atoms with Crippen LogP contribution < -0.4 is 5.32 Å². The number of carbonyl (C=O) groups excluding carboxylic acids is 2. The molecule has 9 heteroatoms. The van der Waals surface area contributed by atoms with E-state index in [1.807, 2.05) is 13.8 Å². The van der Waals surface area contributed by atoms with Gasteiger partial charge in [-0.3, -0.25) is 14.9 Å². The highest BCUT2D eigenvalue weighted by molar-refractivity contribution is 7.89. The lowest BCUT2D eigenvalue weighted by Crippen LogP contribution is -2.42. The average molecular weight is 476 g/mol. The van der Waals surface area contributed by atoms with Crippen molar-refractivity contribution in [3.8, 4) is 0 Å². The van der Waals surface area contributed by atoms with Crippen LogP contribution in [0.4, 0.5) is 5.13 Å². The monoisotopic (exact) mass is 475 g/mol. The van der Waals surface area contributed by atoms with Crippen molar-refractivity contribution in [2.24, 2.45) is 17.3 Å². The number of rotatable bonds is 4. The molecule has 2 heterocycles. The number of Topliss-reactive ketones (excluding diaryl/α,β-unsaturated/α-hetero) is 1. The molecule has 2 aliphatic rings. The predicted octanol–water partition coefficient (Wildman–Crippen LogP) is 4.22. The second-order valence-electron chi connectivity index (χ2n) is 9.99. The molecule has 1 aliphatic carbocycles. The Morgan fingerprint density at radius 2 is 1.88 bits per heavy atom. The first-order chi connectivity index (χ1) is 14.9. The number of anilines is 1. The zero-order valence-corrected chi connectivity index (χ0v) is 20.5. The molecule has 0 saturated carbocycles. The van der Waals surface area contributed by atoms with E-state index in [4.69, 9.17) is 0 Å². The Hall–Kier alpha value is -2.10. The van der Waals surface area contributed by atoms with Crippen LogP contribution in [-0.2, 0) is 16.4 Å². The molecule has 2 aromatic rings. The summed E-state index contributed by atoms with van der Waals surface area (Å²) in [5, 5.41) is 3.10. The Labute approximate surface area is 193 Å². The molecule has 0 radical (unpaired) electrons. The zero-order chi connectivity index (χ0) is 23.3. The van der Waals surface area contributed by atoms with Crippen molar-refractivity contribution in [2.45, 2.75) is 51.9 Å². The number of nitrogens with one attached hydrogen (secondary N) is 1. The van der Waals surface area contributed by atoms with Crippen LogP contribution in [0.2, 0.25) is 0 Å². The minimum absolute atomic E-state index is 0.0485. The van der Waals surface area contributed by atoms with Crippen molar-refractivity contribution in [3.05, 3.63) is 40.4 Å². The summed E-state index contributed by atoms with van der Waals surface area (Å²) in [6.45, 7) is 9.14. The Bertz CT molecular complexity index is 1160. The Balaban J connectivity index is 1.54. The lowest BCUT2D eigenvalue weighted by molar-refractivity contribution is 0.0915. The molecule has 1 aromatic carbocycles. The van der Waals surface area contributed by atoms with Crippen LogP contribution in [0.25, 0.3) is 0 Å². The van der Waals surface area contributed by atoms with Gasteiger partial charge in [0.25, 0.3) is 5.91 Å². The molecule has 1 aliphatic heterocycles. The molecule has 172 valence electrons. The first-order valence-corrected chi connectivity index (χ1v) is 13.1. The molecule has 32 heavy (non-hydrogen) atoms. The van der Waals surface area contributed by atoms with Gasteiger partial charge in [0, 0.05) is 25.1 Å². The Kier molecular flexibility index (Phi) is 6.02. The zero-order valence-electron chi connectivity index (χ0n) is 18.8. The highest BCUT2D eigenvalue weighted by Crippen LogP contribution is 2.38. The third-order valence-corrected chi connectivity index (χ3v) is 8.91. The highest BCUT2D eigenvalue weighted by atomic mass is 32.2. The van der Waals surface area contributed by atoms with Crippen LogP contribution in [0, 0.1) is 17.3 Å². The SMILES string of the molecule is C[C@H]1C[C@H](C)CN(S(=O)(=O)c2cccc(C(=O)Nc3nc4c(s3)C(=O)CC(C)(C)C4)c2)C1. The maximum Gasteiger partial charge on any atom is 0.257 e. The summed E-state index contributed by atoms with van der Waals surface area (Å²) in [5.41, 5.74) is 0.811. The van der Waals surface area contributed by atoms with E-state index in [2.05, 4.69) is 24.1 Å². The minimum atomic E-state index is -3.68. The van der Waals surface area contributed by atoms with Gasteiger partial charge in [0.15, 0.2) is 10.9 Å². The highest BCUT2D eigenvalue weighted by Gasteiger charge is 2.34. The summed E-state index contributed by atoms with van der Waals surface area (Å²) in [5.74, 6) is 0.194. The number of thiazole rings is 1. The lowest BCUT2D eigenvalue weighted by Gasteiger charge is -2.34. The Morgan fingerprint density at radius 1 is 1.19 bits per heavy atom. The number of fused-ring (bicyclic) bond motifs is 1. The van der Waals surface area contributed by atoms with Crippen molar-refractivity contribution in [1.82, 2.24) is 9.29 Å². The standard InChI is InChI=1S/C23H29N3O4S2/c1-14-8-15(2)13-26(12-14)32(29,30)17-7-5-6-16(9-17)21(28)25-22-24-18-10-23(3,4)11-19(27)20(18)31-22/h5-7,9,14-15H,8,10-13H2,1-4H3,(H,24,25,28)/t14-,15-/m0/s1. The van der Waals surface area contributed by atoms with Gasteiger partial charge in [0.1, 0.15) is 0 Å². The van der Waals surface area contributed by atoms with Gasteiger partial charge >= 0.3 is 0 Å².